The molecule has 1 nitrogen and oxygen atoms in total. The first-order valence-electron chi connectivity index (χ1n) is 4.35. The van der Waals surface area contributed by atoms with E-state index in [2.05, 4.69) is 6.07 Å². The van der Waals surface area contributed by atoms with Gasteiger partial charge in [-0.15, -0.1) is 0 Å². The molecule has 3 heteroatoms. The van der Waals surface area contributed by atoms with Crippen LogP contribution in [0.4, 0.5) is 4.39 Å². The molecule has 0 bridgehead atoms. The molecule has 0 unspecified atom stereocenters. The lowest BCUT2D eigenvalue weighted by molar-refractivity contribution is 0.481. The van der Waals surface area contributed by atoms with Crippen LogP contribution in [0, 0.1) is 11.9 Å². The second kappa shape index (κ2) is 4.32. The Balaban J connectivity index is 2.22. The zero-order valence-electron chi connectivity index (χ0n) is 7.71. The SMILES string of the molecule is Fc1ccc(Oc2cc[c]cc2Cl)cc1. The Bertz CT molecular complexity index is 453. The molecule has 0 saturated heterocycles. The Labute approximate surface area is 92.1 Å². The maximum absolute atomic E-state index is 12.6. The molecule has 0 saturated carbocycles. The van der Waals surface area contributed by atoms with Crippen LogP contribution < -0.4 is 4.74 Å². The van der Waals surface area contributed by atoms with E-state index in [0.717, 1.165) is 0 Å². The minimum absolute atomic E-state index is 0.296. The van der Waals surface area contributed by atoms with Gasteiger partial charge in [0.15, 0.2) is 0 Å². The summed E-state index contributed by atoms with van der Waals surface area (Å²) in [6.45, 7) is 0. The lowest BCUT2D eigenvalue weighted by Gasteiger charge is -2.06. The first-order valence-corrected chi connectivity index (χ1v) is 4.72. The largest absolute Gasteiger partial charge is 0.456 e. The molecule has 2 aromatic rings. The number of hydrogen-bond donors (Lipinski definition) is 0. The fourth-order valence-corrected chi connectivity index (χ4v) is 1.27. The summed E-state index contributed by atoms with van der Waals surface area (Å²) in [5.41, 5.74) is 0. The molecule has 1 radical (unpaired) electrons. The van der Waals surface area contributed by atoms with Gasteiger partial charge in [-0.3, -0.25) is 0 Å². The lowest BCUT2D eigenvalue weighted by atomic mass is 10.3. The predicted molar refractivity (Wildman–Crippen MR) is 56.8 cm³/mol. The number of ether oxygens (including phenoxy) is 1. The maximum atomic E-state index is 12.6. The molecule has 0 fully saturated rings. The molecule has 2 rings (SSSR count). The number of benzene rings is 2. The topological polar surface area (TPSA) is 9.23 Å². The van der Waals surface area contributed by atoms with Crippen LogP contribution in [0.1, 0.15) is 0 Å². The highest BCUT2D eigenvalue weighted by molar-refractivity contribution is 6.32. The molecule has 15 heavy (non-hydrogen) atoms. The van der Waals surface area contributed by atoms with Crippen LogP contribution in [0.2, 0.25) is 5.02 Å². The monoisotopic (exact) mass is 221 g/mol. The van der Waals surface area contributed by atoms with Crippen molar-refractivity contribution in [1.82, 2.24) is 0 Å². The van der Waals surface area contributed by atoms with E-state index in [0.29, 0.717) is 16.5 Å². The van der Waals surface area contributed by atoms with Crippen molar-refractivity contribution < 1.29 is 9.13 Å². The van der Waals surface area contributed by atoms with Gasteiger partial charge >= 0.3 is 0 Å². The van der Waals surface area contributed by atoms with Gasteiger partial charge in [-0.1, -0.05) is 17.7 Å². The van der Waals surface area contributed by atoms with E-state index in [4.69, 9.17) is 16.3 Å². The second-order valence-corrected chi connectivity index (χ2v) is 3.32. The average molecular weight is 222 g/mol. The highest BCUT2D eigenvalue weighted by Gasteiger charge is 2.01. The van der Waals surface area contributed by atoms with Gasteiger partial charge in [-0.25, -0.2) is 4.39 Å². The summed E-state index contributed by atoms with van der Waals surface area (Å²) in [5.74, 6) is 0.779. The molecule has 0 atom stereocenters. The van der Waals surface area contributed by atoms with Crippen LogP contribution >= 0.6 is 11.6 Å². The van der Waals surface area contributed by atoms with Gasteiger partial charge in [0, 0.05) is 0 Å². The van der Waals surface area contributed by atoms with Gasteiger partial charge in [0.25, 0.3) is 0 Å². The van der Waals surface area contributed by atoms with Crippen molar-refractivity contribution in [2.45, 2.75) is 0 Å². The summed E-state index contributed by atoms with van der Waals surface area (Å²) in [5, 5.41) is 0.474. The van der Waals surface area contributed by atoms with Crippen molar-refractivity contribution in [3.05, 3.63) is 59.4 Å². The van der Waals surface area contributed by atoms with E-state index in [-0.39, 0.29) is 5.82 Å². The molecule has 0 amide bonds. The van der Waals surface area contributed by atoms with Crippen LogP contribution in [-0.2, 0) is 0 Å². The van der Waals surface area contributed by atoms with Crippen LogP contribution in [0.3, 0.4) is 0 Å². The normalized spacial score (nSPS) is 10.0. The van der Waals surface area contributed by atoms with E-state index in [1.807, 2.05) is 0 Å². The number of hydrogen-bond acceptors (Lipinski definition) is 1. The Kier molecular flexibility index (Phi) is 2.88. The van der Waals surface area contributed by atoms with E-state index in [1.54, 1.807) is 30.3 Å². The summed E-state index contributed by atoms with van der Waals surface area (Å²) in [4.78, 5) is 0. The van der Waals surface area contributed by atoms with Crippen molar-refractivity contribution in [3.63, 3.8) is 0 Å². The quantitative estimate of drug-likeness (QED) is 0.743. The third-order valence-electron chi connectivity index (χ3n) is 1.82. The van der Waals surface area contributed by atoms with E-state index < -0.39 is 0 Å². The van der Waals surface area contributed by atoms with E-state index in [9.17, 15) is 4.39 Å². The van der Waals surface area contributed by atoms with Gasteiger partial charge in [-0.2, -0.15) is 0 Å². The molecule has 2 aromatic carbocycles. The van der Waals surface area contributed by atoms with Crippen LogP contribution in [0.25, 0.3) is 0 Å². The van der Waals surface area contributed by atoms with Crippen LogP contribution in [-0.4, -0.2) is 0 Å². The Morgan fingerprint density at radius 1 is 1.13 bits per heavy atom. The molecule has 0 spiro atoms. The summed E-state index contributed by atoms with van der Waals surface area (Å²) >= 11 is 5.88. The zero-order valence-corrected chi connectivity index (χ0v) is 8.46. The number of rotatable bonds is 2. The van der Waals surface area contributed by atoms with Crippen molar-refractivity contribution >= 4 is 11.6 Å². The van der Waals surface area contributed by atoms with Gasteiger partial charge in [0.05, 0.1) is 5.02 Å². The van der Waals surface area contributed by atoms with Gasteiger partial charge in [-0.05, 0) is 42.5 Å². The van der Waals surface area contributed by atoms with E-state index >= 15 is 0 Å². The van der Waals surface area contributed by atoms with Gasteiger partial charge in [0.2, 0.25) is 0 Å². The molecule has 0 N–H and O–H groups in total. The first-order chi connectivity index (χ1) is 7.25. The molecule has 0 aliphatic rings. The van der Waals surface area contributed by atoms with E-state index in [1.165, 1.54) is 12.1 Å². The fraction of sp³-hybridized carbons (Fsp3) is 0. The minimum Gasteiger partial charge on any atom is -0.456 e. The van der Waals surface area contributed by atoms with Crippen molar-refractivity contribution in [1.29, 1.82) is 0 Å². The lowest BCUT2D eigenvalue weighted by Crippen LogP contribution is -1.85. The molecule has 0 aromatic heterocycles. The van der Waals surface area contributed by atoms with Crippen LogP contribution in [0.15, 0.2) is 42.5 Å². The summed E-state index contributed by atoms with van der Waals surface area (Å²) in [6, 6.07) is 13.6. The highest BCUT2D eigenvalue weighted by atomic mass is 35.5. The average Bonchev–Trinajstić information content (AvgIpc) is 2.25. The third kappa shape index (κ3) is 2.48. The molecular weight excluding hydrogens is 215 g/mol. The zero-order chi connectivity index (χ0) is 10.7. The molecule has 0 aliphatic carbocycles. The standard InChI is InChI=1S/C12H7ClFO/c13-11-3-1-2-4-12(11)15-10-7-5-9(14)6-8-10/h2-8H. The fourth-order valence-electron chi connectivity index (χ4n) is 1.11. The smallest absolute Gasteiger partial charge is 0.146 e. The summed E-state index contributed by atoms with van der Waals surface area (Å²) in [6.07, 6.45) is 0. The number of halogens is 2. The summed E-state index contributed by atoms with van der Waals surface area (Å²) in [7, 11) is 0. The Morgan fingerprint density at radius 2 is 1.87 bits per heavy atom. The Morgan fingerprint density at radius 3 is 2.53 bits per heavy atom. The highest BCUT2D eigenvalue weighted by Crippen LogP contribution is 2.28. The van der Waals surface area contributed by atoms with Crippen molar-refractivity contribution in [2.24, 2.45) is 0 Å². The summed E-state index contributed by atoms with van der Waals surface area (Å²) < 4.78 is 18.1. The van der Waals surface area contributed by atoms with Crippen molar-refractivity contribution in [2.75, 3.05) is 0 Å². The van der Waals surface area contributed by atoms with Gasteiger partial charge < -0.3 is 4.74 Å². The minimum atomic E-state index is -0.296. The van der Waals surface area contributed by atoms with Gasteiger partial charge in [0.1, 0.15) is 17.3 Å². The van der Waals surface area contributed by atoms with Crippen LogP contribution in [0.5, 0.6) is 11.5 Å². The maximum Gasteiger partial charge on any atom is 0.146 e. The molecule has 0 aliphatic heterocycles. The Hall–Kier alpha value is -1.54. The third-order valence-corrected chi connectivity index (χ3v) is 2.11. The predicted octanol–water partition coefficient (Wildman–Crippen LogP) is 4.07. The molecule has 0 heterocycles. The van der Waals surface area contributed by atoms with Crippen molar-refractivity contribution in [3.8, 4) is 11.5 Å². The molecular formula is C12H7ClFO. The second-order valence-electron chi connectivity index (χ2n) is 2.91. The molecule has 75 valence electrons. The first kappa shape index (κ1) is 9.99.